The molecule has 2 N–H and O–H groups in total. The number of allylic oxidation sites excluding steroid dienone is 1. The number of aromatic nitrogens is 2. The Morgan fingerprint density at radius 1 is 0.954 bits per heavy atom. The SMILES string of the molecule is CN(C)CC[C@H](CSc1ccccc1Cl)Nc1ccc(S(=O)(=O)Nc2ncnc3c2CCN(C2CCN(CC4=C(c5ccc(Cl)cc5)CC(C)(C)CC4)CC2)C3)cc1S(=O)(=O)C(F)(F)F. The van der Waals surface area contributed by atoms with Gasteiger partial charge in [0.05, 0.1) is 21.3 Å². The Kier molecular flexibility index (Phi) is 15.6. The zero-order valence-electron chi connectivity index (χ0n) is 37.0. The Morgan fingerprint density at radius 2 is 1.68 bits per heavy atom. The highest BCUT2D eigenvalue weighted by Crippen LogP contribution is 2.44. The minimum atomic E-state index is -6.01. The number of alkyl halides is 3. The summed E-state index contributed by atoms with van der Waals surface area (Å²) in [5, 5.41) is 4.22. The maximum absolute atomic E-state index is 14.2. The van der Waals surface area contributed by atoms with Crippen LogP contribution in [0.3, 0.4) is 0 Å². The van der Waals surface area contributed by atoms with Crippen molar-refractivity contribution in [3.05, 3.63) is 105 Å². The van der Waals surface area contributed by atoms with E-state index in [9.17, 15) is 30.0 Å². The van der Waals surface area contributed by atoms with Gasteiger partial charge in [-0.3, -0.25) is 14.5 Å². The van der Waals surface area contributed by atoms with Crippen molar-refractivity contribution in [2.24, 2.45) is 5.41 Å². The first-order valence-electron chi connectivity index (χ1n) is 21.7. The van der Waals surface area contributed by atoms with Gasteiger partial charge in [-0.2, -0.15) is 13.2 Å². The molecule has 1 saturated heterocycles. The summed E-state index contributed by atoms with van der Waals surface area (Å²) < 4.78 is 99.2. The van der Waals surface area contributed by atoms with Crippen LogP contribution in [-0.2, 0) is 32.8 Å². The Bertz CT molecular complexity index is 2590. The molecule has 352 valence electrons. The predicted molar refractivity (Wildman–Crippen MR) is 255 cm³/mol. The molecule has 4 aromatic rings. The molecule has 7 rings (SSSR count). The summed E-state index contributed by atoms with van der Waals surface area (Å²) in [6, 6.07) is 17.8. The molecular formula is C46H56Cl2F3N7O4S3. The van der Waals surface area contributed by atoms with Gasteiger partial charge in [-0.15, -0.1) is 11.8 Å². The number of fused-ring (bicyclic) bond motifs is 1. The normalized spacial score (nSPS) is 18.4. The van der Waals surface area contributed by atoms with E-state index in [1.54, 1.807) is 12.1 Å². The van der Waals surface area contributed by atoms with Crippen molar-refractivity contribution in [1.29, 1.82) is 0 Å². The number of nitrogens with zero attached hydrogens (tertiary/aromatic N) is 5. The third kappa shape index (κ3) is 12.2. The number of halogens is 5. The number of nitrogens with one attached hydrogen (secondary N) is 2. The second kappa shape index (κ2) is 20.4. The number of rotatable bonds is 16. The lowest BCUT2D eigenvalue weighted by Gasteiger charge is -2.41. The summed E-state index contributed by atoms with van der Waals surface area (Å²) in [5.41, 5.74) is -0.412. The van der Waals surface area contributed by atoms with Crippen LogP contribution in [0.2, 0.25) is 10.0 Å². The molecule has 0 saturated carbocycles. The third-order valence-corrected chi connectivity index (χ3v) is 17.3. The first-order valence-corrected chi connectivity index (χ1v) is 26.4. The van der Waals surface area contributed by atoms with Crippen LogP contribution in [0.1, 0.15) is 69.2 Å². The van der Waals surface area contributed by atoms with Gasteiger partial charge in [-0.1, -0.05) is 66.9 Å². The number of likely N-dealkylation sites (tertiary alicyclic amines) is 1. The number of sulfonamides is 1. The largest absolute Gasteiger partial charge is 0.501 e. The van der Waals surface area contributed by atoms with Crippen molar-refractivity contribution in [2.75, 3.05) is 62.6 Å². The van der Waals surface area contributed by atoms with Crippen LogP contribution in [0.25, 0.3) is 5.57 Å². The molecule has 0 amide bonds. The quantitative estimate of drug-likeness (QED) is 0.104. The number of piperidine rings is 1. The highest BCUT2D eigenvalue weighted by Gasteiger charge is 2.48. The molecule has 3 aliphatic rings. The fraction of sp³-hybridized carbons (Fsp3) is 0.478. The minimum Gasteiger partial charge on any atom is -0.380 e. The lowest BCUT2D eigenvalue weighted by Crippen LogP contribution is -2.47. The van der Waals surface area contributed by atoms with Crippen LogP contribution in [0.4, 0.5) is 24.7 Å². The second-order valence-corrected chi connectivity index (χ2v) is 23.7. The first-order chi connectivity index (χ1) is 30.7. The molecule has 11 nitrogen and oxygen atoms in total. The number of anilines is 2. The van der Waals surface area contributed by atoms with E-state index in [1.165, 1.54) is 34.8 Å². The predicted octanol–water partition coefficient (Wildman–Crippen LogP) is 9.89. The summed E-state index contributed by atoms with van der Waals surface area (Å²) >= 11 is 13.9. The average Bonchev–Trinajstić information content (AvgIpc) is 3.25. The van der Waals surface area contributed by atoms with Gasteiger partial charge in [0, 0.05) is 53.0 Å². The first kappa shape index (κ1) is 49.5. The molecular weight excluding hydrogens is 939 g/mol. The number of hydrogen-bond acceptors (Lipinski definition) is 11. The Balaban J connectivity index is 1.04. The highest BCUT2D eigenvalue weighted by atomic mass is 35.5. The fourth-order valence-corrected chi connectivity index (χ4v) is 12.4. The Hall–Kier alpha value is -3.42. The van der Waals surface area contributed by atoms with Gasteiger partial charge in [0.15, 0.2) is 0 Å². The zero-order chi connectivity index (χ0) is 46.7. The van der Waals surface area contributed by atoms with Crippen molar-refractivity contribution < 1.29 is 30.0 Å². The maximum atomic E-state index is 14.2. The van der Waals surface area contributed by atoms with Crippen molar-refractivity contribution in [1.82, 2.24) is 24.7 Å². The van der Waals surface area contributed by atoms with Crippen LogP contribution < -0.4 is 10.0 Å². The van der Waals surface area contributed by atoms with E-state index in [0.717, 1.165) is 73.8 Å². The monoisotopic (exact) mass is 993 g/mol. The summed E-state index contributed by atoms with van der Waals surface area (Å²) in [5.74, 6) is 0.330. The van der Waals surface area contributed by atoms with E-state index >= 15 is 0 Å². The van der Waals surface area contributed by atoms with E-state index in [-0.39, 0.29) is 16.9 Å². The molecule has 0 bridgehead atoms. The molecule has 1 aromatic heterocycles. The van der Waals surface area contributed by atoms with Gasteiger partial charge in [0.25, 0.3) is 19.9 Å². The van der Waals surface area contributed by atoms with Gasteiger partial charge in [-0.05, 0) is 138 Å². The molecule has 1 fully saturated rings. The van der Waals surface area contributed by atoms with E-state index in [1.807, 2.05) is 43.3 Å². The van der Waals surface area contributed by atoms with Gasteiger partial charge in [0.2, 0.25) is 0 Å². The summed E-state index contributed by atoms with van der Waals surface area (Å²) in [6.45, 7) is 9.15. The van der Waals surface area contributed by atoms with Crippen molar-refractivity contribution >= 4 is 71.9 Å². The molecule has 65 heavy (non-hydrogen) atoms. The van der Waals surface area contributed by atoms with Crippen LogP contribution in [-0.4, -0.2) is 112 Å². The van der Waals surface area contributed by atoms with Gasteiger partial charge in [0.1, 0.15) is 17.0 Å². The summed E-state index contributed by atoms with van der Waals surface area (Å²) in [6.07, 6.45) is 7.33. The topological polar surface area (TPSA) is 128 Å². The number of thioether (sulfide) groups is 1. The smallest absolute Gasteiger partial charge is 0.380 e. The lowest BCUT2D eigenvalue weighted by atomic mass is 9.72. The van der Waals surface area contributed by atoms with E-state index in [4.69, 9.17) is 23.2 Å². The molecule has 1 atom stereocenters. The van der Waals surface area contributed by atoms with E-state index < -0.39 is 41.2 Å². The molecule has 1 aliphatic carbocycles. The van der Waals surface area contributed by atoms with Gasteiger partial charge in [-0.25, -0.2) is 26.8 Å². The molecule has 3 aromatic carbocycles. The molecule has 0 spiro atoms. The zero-order valence-corrected chi connectivity index (χ0v) is 40.9. The average molecular weight is 995 g/mol. The molecule has 19 heteroatoms. The highest BCUT2D eigenvalue weighted by molar-refractivity contribution is 7.99. The summed E-state index contributed by atoms with van der Waals surface area (Å²) in [4.78, 5) is 14.5. The van der Waals surface area contributed by atoms with Crippen molar-refractivity contribution in [3.63, 3.8) is 0 Å². The summed E-state index contributed by atoms with van der Waals surface area (Å²) in [7, 11) is -6.95. The van der Waals surface area contributed by atoms with Gasteiger partial charge < -0.3 is 10.2 Å². The van der Waals surface area contributed by atoms with Crippen LogP contribution in [0.15, 0.2) is 93.3 Å². The van der Waals surface area contributed by atoms with Crippen molar-refractivity contribution in [3.8, 4) is 0 Å². The molecule has 2 aliphatic heterocycles. The number of benzene rings is 3. The van der Waals surface area contributed by atoms with Crippen LogP contribution >= 0.6 is 35.0 Å². The Labute approximate surface area is 395 Å². The molecule has 3 heterocycles. The standard InChI is InChI=1S/C46H56Cl2F3N7O4S3/c1-45(2)20-15-32(38(26-45)31-9-11-33(47)12-10-31)27-57-22-17-35(18-23-57)58-24-19-37-41(28-58)52-30-53-44(37)55-65(61,62)36-13-14-40(43(25-36)64(59,60)46(49,50)51)54-34(16-21-56(3)4)29-63-42-8-6-5-7-39(42)48/h5-14,25,30,34-35,54H,15-24,26-29H2,1-4H3,(H,52,53,55)/t34-/m1/s1. The minimum absolute atomic E-state index is 0.00710. The van der Waals surface area contributed by atoms with Crippen LogP contribution in [0.5, 0.6) is 0 Å². The second-order valence-electron chi connectivity index (χ2n) is 18.2. The van der Waals surface area contributed by atoms with E-state index in [0.29, 0.717) is 66.6 Å². The van der Waals surface area contributed by atoms with Crippen molar-refractivity contribution in [2.45, 2.75) is 97.6 Å². The number of sulfone groups is 1. The molecule has 0 unspecified atom stereocenters. The molecule has 0 radical (unpaired) electrons. The maximum Gasteiger partial charge on any atom is 0.501 e. The van der Waals surface area contributed by atoms with Crippen LogP contribution in [0, 0.1) is 5.41 Å². The Morgan fingerprint density at radius 3 is 2.37 bits per heavy atom. The lowest BCUT2D eigenvalue weighted by molar-refractivity contribution is -0.0435. The van der Waals surface area contributed by atoms with Gasteiger partial charge >= 0.3 is 5.51 Å². The fourth-order valence-electron chi connectivity index (χ4n) is 8.86. The van der Waals surface area contributed by atoms with E-state index in [2.05, 4.69) is 55.8 Å². The number of hydrogen-bond donors (Lipinski definition) is 2. The third-order valence-electron chi connectivity index (χ3n) is 12.6.